The fourth-order valence-electron chi connectivity index (χ4n) is 1.87. The first-order valence-corrected chi connectivity index (χ1v) is 8.15. The van der Waals surface area contributed by atoms with Gasteiger partial charge in [0, 0.05) is 22.2 Å². The monoisotopic (exact) mass is 460 g/mol. The number of carbonyl (C=O) groups excluding carboxylic acids is 1. The van der Waals surface area contributed by atoms with E-state index in [9.17, 15) is 9.90 Å². The number of hydrazone groups is 1. The molecule has 0 aliphatic rings. The standard InChI is InChI=1S/C16H14ClIN2O4/c1-23-13-6-9(3-4-12(13)18)16(22)20-19-8-10-5-11(17)7-14(24-2)15(10)21/h3-8,21H,1-2H3,(H,20,22)/b19-8-. The molecular weight excluding hydrogens is 447 g/mol. The van der Waals surface area contributed by atoms with E-state index in [0.717, 1.165) is 3.57 Å². The summed E-state index contributed by atoms with van der Waals surface area (Å²) >= 11 is 8.04. The third kappa shape index (κ3) is 4.30. The second kappa shape index (κ2) is 8.20. The van der Waals surface area contributed by atoms with Crippen LogP contribution in [0.2, 0.25) is 5.02 Å². The average molecular weight is 461 g/mol. The van der Waals surface area contributed by atoms with Gasteiger partial charge in [0.2, 0.25) is 0 Å². The highest BCUT2D eigenvalue weighted by molar-refractivity contribution is 14.1. The zero-order valence-corrected chi connectivity index (χ0v) is 15.8. The molecule has 2 rings (SSSR count). The summed E-state index contributed by atoms with van der Waals surface area (Å²) in [5.74, 6) is 0.298. The maximum absolute atomic E-state index is 12.1. The van der Waals surface area contributed by atoms with Crippen LogP contribution in [0.3, 0.4) is 0 Å². The Kier molecular flexibility index (Phi) is 6.27. The van der Waals surface area contributed by atoms with Crippen LogP contribution in [0.15, 0.2) is 35.4 Å². The minimum atomic E-state index is -0.408. The number of aromatic hydroxyl groups is 1. The van der Waals surface area contributed by atoms with Gasteiger partial charge in [-0.3, -0.25) is 4.79 Å². The fourth-order valence-corrected chi connectivity index (χ4v) is 2.65. The van der Waals surface area contributed by atoms with Crippen molar-refractivity contribution in [3.63, 3.8) is 0 Å². The normalized spacial score (nSPS) is 10.7. The van der Waals surface area contributed by atoms with Crippen LogP contribution in [0.5, 0.6) is 17.2 Å². The van der Waals surface area contributed by atoms with Crippen LogP contribution in [0.25, 0.3) is 0 Å². The van der Waals surface area contributed by atoms with Gasteiger partial charge in [-0.2, -0.15) is 5.10 Å². The Hall–Kier alpha value is -2.00. The summed E-state index contributed by atoms with van der Waals surface area (Å²) in [6.07, 6.45) is 1.28. The van der Waals surface area contributed by atoms with Gasteiger partial charge in [-0.1, -0.05) is 11.6 Å². The van der Waals surface area contributed by atoms with Crippen molar-refractivity contribution in [1.29, 1.82) is 0 Å². The van der Waals surface area contributed by atoms with Crippen LogP contribution < -0.4 is 14.9 Å². The molecule has 0 unspecified atom stereocenters. The Morgan fingerprint density at radius 3 is 2.62 bits per heavy atom. The topological polar surface area (TPSA) is 80.2 Å². The molecule has 2 N–H and O–H groups in total. The molecule has 0 fully saturated rings. The van der Waals surface area contributed by atoms with Gasteiger partial charge in [0.1, 0.15) is 5.75 Å². The Bertz CT molecular complexity index is 796. The molecule has 0 spiro atoms. The number of methoxy groups -OCH3 is 2. The fraction of sp³-hybridized carbons (Fsp3) is 0.125. The Balaban J connectivity index is 2.14. The molecule has 1 amide bonds. The number of ether oxygens (including phenoxy) is 2. The van der Waals surface area contributed by atoms with E-state index < -0.39 is 5.91 Å². The van der Waals surface area contributed by atoms with E-state index in [4.69, 9.17) is 21.1 Å². The van der Waals surface area contributed by atoms with Gasteiger partial charge in [-0.15, -0.1) is 0 Å². The van der Waals surface area contributed by atoms with Crippen LogP contribution in [-0.4, -0.2) is 31.4 Å². The number of rotatable bonds is 5. The lowest BCUT2D eigenvalue weighted by molar-refractivity contribution is 0.0954. The number of nitrogens with one attached hydrogen (secondary N) is 1. The molecule has 0 aromatic heterocycles. The predicted octanol–water partition coefficient (Wildman–Crippen LogP) is 3.43. The first-order chi connectivity index (χ1) is 11.5. The number of halogens is 2. The highest BCUT2D eigenvalue weighted by atomic mass is 127. The van der Waals surface area contributed by atoms with Crippen molar-refractivity contribution in [1.82, 2.24) is 5.43 Å². The van der Waals surface area contributed by atoms with E-state index in [0.29, 0.717) is 21.9 Å². The van der Waals surface area contributed by atoms with E-state index in [1.54, 1.807) is 18.2 Å². The van der Waals surface area contributed by atoms with Gasteiger partial charge in [-0.05, 0) is 46.9 Å². The summed E-state index contributed by atoms with van der Waals surface area (Å²) in [4.78, 5) is 12.1. The number of phenolic OH excluding ortho intramolecular Hbond substituents is 1. The molecule has 2 aromatic carbocycles. The number of hydrogen-bond donors (Lipinski definition) is 2. The minimum Gasteiger partial charge on any atom is -0.504 e. The van der Waals surface area contributed by atoms with Crippen molar-refractivity contribution in [2.24, 2.45) is 5.10 Å². The van der Waals surface area contributed by atoms with Crippen molar-refractivity contribution >= 4 is 46.3 Å². The van der Waals surface area contributed by atoms with Crippen LogP contribution >= 0.6 is 34.2 Å². The summed E-state index contributed by atoms with van der Waals surface area (Å²) in [6, 6.07) is 8.03. The molecule has 24 heavy (non-hydrogen) atoms. The van der Waals surface area contributed by atoms with Gasteiger partial charge < -0.3 is 14.6 Å². The van der Waals surface area contributed by atoms with Crippen molar-refractivity contribution in [2.45, 2.75) is 0 Å². The first kappa shape index (κ1) is 18.3. The molecule has 0 heterocycles. The van der Waals surface area contributed by atoms with Gasteiger partial charge in [0.05, 0.1) is 24.0 Å². The Morgan fingerprint density at radius 2 is 1.96 bits per heavy atom. The highest BCUT2D eigenvalue weighted by Crippen LogP contribution is 2.32. The van der Waals surface area contributed by atoms with Gasteiger partial charge in [-0.25, -0.2) is 5.43 Å². The number of hydrogen-bond acceptors (Lipinski definition) is 5. The largest absolute Gasteiger partial charge is 0.504 e. The molecule has 0 atom stereocenters. The summed E-state index contributed by atoms with van der Waals surface area (Å²) in [5, 5.41) is 14.2. The minimum absolute atomic E-state index is 0.115. The van der Waals surface area contributed by atoms with E-state index in [-0.39, 0.29) is 11.5 Å². The van der Waals surface area contributed by atoms with E-state index in [2.05, 4.69) is 33.1 Å². The molecule has 8 heteroatoms. The molecule has 0 radical (unpaired) electrons. The Morgan fingerprint density at radius 1 is 1.25 bits per heavy atom. The SMILES string of the molecule is COc1cc(C(=O)N/N=C\c2cc(Cl)cc(OC)c2O)ccc1I. The maximum Gasteiger partial charge on any atom is 0.271 e. The number of benzene rings is 2. The molecule has 0 aliphatic carbocycles. The van der Waals surface area contributed by atoms with E-state index in [1.807, 2.05) is 0 Å². The summed E-state index contributed by atoms with van der Waals surface area (Å²) in [6.45, 7) is 0. The number of carbonyl (C=O) groups is 1. The third-order valence-electron chi connectivity index (χ3n) is 3.07. The van der Waals surface area contributed by atoms with Gasteiger partial charge >= 0.3 is 0 Å². The molecule has 0 saturated carbocycles. The van der Waals surface area contributed by atoms with Gasteiger partial charge in [0.25, 0.3) is 5.91 Å². The second-order valence-corrected chi connectivity index (χ2v) is 6.19. The number of phenols is 1. The quantitative estimate of drug-likeness (QED) is 0.407. The highest BCUT2D eigenvalue weighted by Gasteiger charge is 2.10. The van der Waals surface area contributed by atoms with Crippen molar-refractivity contribution in [3.8, 4) is 17.2 Å². The van der Waals surface area contributed by atoms with Crippen LogP contribution in [-0.2, 0) is 0 Å². The van der Waals surface area contributed by atoms with Crippen molar-refractivity contribution in [2.75, 3.05) is 14.2 Å². The summed E-state index contributed by atoms with van der Waals surface area (Å²) < 4.78 is 11.1. The third-order valence-corrected chi connectivity index (χ3v) is 4.18. The molecular formula is C16H14ClIN2O4. The van der Waals surface area contributed by atoms with E-state index >= 15 is 0 Å². The Labute approximate surface area is 157 Å². The lowest BCUT2D eigenvalue weighted by atomic mass is 10.2. The van der Waals surface area contributed by atoms with Crippen LogP contribution in [0.1, 0.15) is 15.9 Å². The number of amides is 1. The van der Waals surface area contributed by atoms with Crippen LogP contribution in [0.4, 0.5) is 0 Å². The second-order valence-electron chi connectivity index (χ2n) is 4.59. The van der Waals surface area contributed by atoms with Crippen molar-refractivity contribution < 1.29 is 19.4 Å². The zero-order chi connectivity index (χ0) is 17.7. The lowest BCUT2D eigenvalue weighted by Gasteiger charge is -2.07. The summed E-state index contributed by atoms with van der Waals surface area (Å²) in [5.41, 5.74) is 3.10. The summed E-state index contributed by atoms with van der Waals surface area (Å²) in [7, 11) is 2.95. The predicted molar refractivity (Wildman–Crippen MR) is 100 cm³/mol. The lowest BCUT2D eigenvalue weighted by Crippen LogP contribution is -2.17. The molecule has 6 nitrogen and oxygen atoms in total. The number of nitrogens with zero attached hydrogens (tertiary/aromatic N) is 1. The molecule has 2 aromatic rings. The van der Waals surface area contributed by atoms with Gasteiger partial charge in [0.15, 0.2) is 11.5 Å². The molecule has 0 aliphatic heterocycles. The van der Waals surface area contributed by atoms with Crippen LogP contribution in [0, 0.1) is 3.57 Å². The average Bonchev–Trinajstić information content (AvgIpc) is 2.57. The van der Waals surface area contributed by atoms with Crippen molar-refractivity contribution in [3.05, 3.63) is 50.1 Å². The smallest absolute Gasteiger partial charge is 0.271 e. The van der Waals surface area contributed by atoms with E-state index in [1.165, 1.54) is 32.6 Å². The first-order valence-electron chi connectivity index (χ1n) is 6.69. The molecule has 0 saturated heterocycles. The molecule has 126 valence electrons. The molecule has 0 bridgehead atoms. The zero-order valence-electron chi connectivity index (χ0n) is 12.8. The maximum atomic E-state index is 12.1.